The van der Waals surface area contributed by atoms with Crippen LogP contribution in [0.5, 0.6) is 0 Å². The van der Waals surface area contributed by atoms with Gasteiger partial charge in [0.05, 0.1) is 11.8 Å². The lowest BCUT2D eigenvalue weighted by Gasteiger charge is -2.31. The molecule has 146 valence electrons. The van der Waals surface area contributed by atoms with Crippen molar-refractivity contribution in [1.29, 1.82) is 0 Å². The summed E-state index contributed by atoms with van der Waals surface area (Å²) < 4.78 is 25.4. The van der Waals surface area contributed by atoms with E-state index in [-0.39, 0.29) is 23.6 Å². The first-order valence-corrected chi connectivity index (χ1v) is 11.0. The van der Waals surface area contributed by atoms with Crippen LogP contribution >= 0.6 is 0 Å². The molecule has 1 amide bonds. The van der Waals surface area contributed by atoms with Gasteiger partial charge in [-0.25, -0.2) is 12.7 Å². The Bertz CT molecular complexity index is 906. The molecule has 1 saturated heterocycles. The van der Waals surface area contributed by atoms with Gasteiger partial charge in [-0.2, -0.15) is 0 Å². The highest BCUT2D eigenvalue weighted by Gasteiger charge is 2.31. The molecule has 0 aromatic heterocycles. The molecule has 0 bridgehead atoms. The molecule has 2 aromatic carbocycles. The summed E-state index contributed by atoms with van der Waals surface area (Å²) in [6.07, 6.45) is 1.08. The summed E-state index contributed by atoms with van der Waals surface area (Å²) in [6.45, 7) is 2.76. The van der Waals surface area contributed by atoms with Crippen LogP contribution in [0.25, 0.3) is 10.8 Å². The number of fused-ring (bicyclic) bond motifs is 1. The summed E-state index contributed by atoms with van der Waals surface area (Å²) in [5.41, 5.74) is 6.90. The fourth-order valence-corrected chi connectivity index (χ4v) is 4.70. The van der Waals surface area contributed by atoms with Gasteiger partial charge in [0, 0.05) is 25.6 Å². The maximum absolute atomic E-state index is 12.7. The van der Waals surface area contributed by atoms with Crippen LogP contribution in [0.1, 0.15) is 31.4 Å². The van der Waals surface area contributed by atoms with E-state index in [0.29, 0.717) is 32.5 Å². The van der Waals surface area contributed by atoms with Crippen LogP contribution in [0.4, 0.5) is 0 Å². The molecule has 2 aromatic rings. The molecular formula is C20H27N3O3S. The summed E-state index contributed by atoms with van der Waals surface area (Å²) in [5, 5.41) is 5.31. The monoisotopic (exact) mass is 389 g/mol. The molecule has 0 saturated carbocycles. The first-order valence-electron chi connectivity index (χ1n) is 9.41. The number of nitrogens with two attached hydrogens (primary N) is 1. The van der Waals surface area contributed by atoms with Crippen molar-refractivity contribution < 1.29 is 13.2 Å². The normalized spacial score (nSPS) is 17.7. The largest absolute Gasteiger partial charge is 0.348 e. The van der Waals surface area contributed by atoms with Gasteiger partial charge in [-0.15, -0.1) is 0 Å². The maximum atomic E-state index is 12.7. The maximum Gasteiger partial charge on any atom is 0.223 e. The zero-order chi connectivity index (χ0) is 19.4. The molecule has 0 spiro atoms. The molecule has 1 atom stereocenters. The Morgan fingerprint density at radius 1 is 1.19 bits per heavy atom. The molecule has 3 N–H and O–H groups in total. The summed E-state index contributed by atoms with van der Waals surface area (Å²) in [4.78, 5) is 12.7. The van der Waals surface area contributed by atoms with E-state index in [0.717, 1.165) is 16.3 Å². The second kappa shape index (κ2) is 8.37. The molecule has 1 unspecified atom stereocenters. The van der Waals surface area contributed by atoms with E-state index in [4.69, 9.17) is 5.73 Å². The Hall–Kier alpha value is -1.96. The second-order valence-corrected chi connectivity index (χ2v) is 9.23. The van der Waals surface area contributed by atoms with E-state index in [1.165, 1.54) is 4.31 Å². The highest BCUT2D eigenvalue weighted by Crippen LogP contribution is 2.23. The predicted octanol–water partition coefficient (Wildman–Crippen LogP) is 2.02. The van der Waals surface area contributed by atoms with Crippen molar-refractivity contribution in [3.8, 4) is 0 Å². The fraction of sp³-hybridized carbons (Fsp3) is 0.450. The molecule has 1 fully saturated rings. The van der Waals surface area contributed by atoms with E-state index in [1.807, 2.05) is 36.4 Å². The van der Waals surface area contributed by atoms with Gasteiger partial charge in [0.1, 0.15) is 0 Å². The summed E-state index contributed by atoms with van der Waals surface area (Å²) >= 11 is 0. The quantitative estimate of drug-likeness (QED) is 0.790. The van der Waals surface area contributed by atoms with E-state index in [2.05, 4.69) is 11.4 Å². The summed E-state index contributed by atoms with van der Waals surface area (Å²) in [7, 11) is -3.18. The van der Waals surface area contributed by atoms with Gasteiger partial charge in [-0.3, -0.25) is 4.79 Å². The van der Waals surface area contributed by atoms with Crippen molar-refractivity contribution in [2.24, 2.45) is 11.7 Å². The standard InChI is InChI=1S/C20H27N3O3S/c1-2-27(25,26)23-11-9-16(10-12-23)20(24)22-19(14-21)18-8-7-15-5-3-4-6-17(15)13-18/h3-8,13,16,19H,2,9-12,14,21H2,1H3,(H,22,24). The topological polar surface area (TPSA) is 92.5 Å². The Labute approximate surface area is 160 Å². The second-order valence-electron chi connectivity index (χ2n) is 6.98. The van der Waals surface area contributed by atoms with E-state index in [9.17, 15) is 13.2 Å². The third-order valence-electron chi connectivity index (χ3n) is 5.31. The molecule has 1 aliphatic heterocycles. The SMILES string of the molecule is CCS(=O)(=O)N1CCC(C(=O)NC(CN)c2ccc3ccccc3c2)CC1. The van der Waals surface area contributed by atoms with Gasteiger partial charge in [-0.1, -0.05) is 36.4 Å². The fourth-order valence-electron chi connectivity index (χ4n) is 3.57. The van der Waals surface area contributed by atoms with Crippen LogP contribution in [0, 0.1) is 5.92 Å². The van der Waals surface area contributed by atoms with Gasteiger partial charge in [0.15, 0.2) is 0 Å². The van der Waals surface area contributed by atoms with Crippen molar-refractivity contribution in [3.05, 3.63) is 48.0 Å². The van der Waals surface area contributed by atoms with Crippen molar-refractivity contribution in [2.75, 3.05) is 25.4 Å². The third kappa shape index (κ3) is 4.48. The van der Waals surface area contributed by atoms with Crippen molar-refractivity contribution in [1.82, 2.24) is 9.62 Å². The van der Waals surface area contributed by atoms with Crippen LogP contribution in [0.3, 0.4) is 0 Å². The van der Waals surface area contributed by atoms with Crippen molar-refractivity contribution in [3.63, 3.8) is 0 Å². The number of rotatable bonds is 6. The van der Waals surface area contributed by atoms with Crippen LogP contribution in [-0.4, -0.2) is 44.0 Å². The van der Waals surface area contributed by atoms with Crippen LogP contribution < -0.4 is 11.1 Å². The van der Waals surface area contributed by atoms with Crippen LogP contribution in [-0.2, 0) is 14.8 Å². The number of carbonyl (C=O) groups is 1. The van der Waals surface area contributed by atoms with Gasteiger partial charge in [-0.05, 0) is 42.2 Å². The molecule has 1 heterocycles. The number of sulfonamides is 1. The number of amides is 1. The Morgan fingerprint density at radius 3 is 2.48 bits per heavy atom. The first-order chi connectivity index (χ1) is 12.9. The smallest absolute Gasteiger partial charge is 0.223 e. The lowest BCUT2D eigenvalue weighted by Crippen LogP contribution is -2.44. The minimum atomic E-state index is -3.18. The molecule has 0 aliphatic carbocycles. The highest BCUT2D eigenvalue weighted by atomic mass is 32.2. The minimum Gasteiger partial charge on any atom is -0.348 e. The number of hydrogen-bond acceptors (Lipinski definition) is 4. The average molecular weight is 390 g/mol. The van der Waals surface area contributed by atoms with Crippen LogP contribution in [0.2, 0.25) is 0 Å². The molecular weight excluding hydrogens is 362 g/mol. The number of benzene rings is 2. The van der Waals surface area contributed by atoms with Gasteiger partial charge >= 0.3 is 0 Å². The zero-order valence-corrected chi connectivity index (χ0v) is 16.4. The third-order valence-corrected chi connectivity index (χ3v) is 7.19. The van der Waals surface area contributed by atoms with Gasteiger partial charge in [0.2, 0.25) is 15.9 Å². The molecule has 7 heteroatoms. The number of carbonyl (C=O) groups excluding carboxylic acids is 1. The van der Waals surface area contributed by atoms with Crippen molar-refractivity contribution >= 4 is 26.7 Å². The first kappa shape index (κ1) is 19.8. The Kier molecular flexibility index (Phi) is 6.14. The minimum absolute atomic E-state index is 0.0489. The number of piperidine rings is 1. The van der Waals surface area contributed by atoms with Crippen LogP contribution in [0.15, 0.2) is 42.5 Å². The highest BCUT2D eigenvalue weighted by molar-refractivity contribution is 7.89. The van der Waals surface area contributed by atoms with Gasteiger partial charge < -0.3 is 11.1 Å². The van der Waals surface area contributed by atoms with Crippen molar-refractivity contribution in [2.45, 2.75) is 25.8 Å². The molecule has 27 heavy (non-hydrogen) atoms. The number of nitrogens with one attached hydrogen (secondary N) is 1. The Morgan fingerprint density at radius 2 is 1.85 bits per heavy atom. The number of hydrogen-bond donors (Lipinski definition) is 2. The average Bonchev–Trinajstić information content (AvgIpc) is 2.71. The molecule has 3 rings (SSSR count). The molecule has 1 aliphatic rings. The molecule has 0 radical (unpaired) electrons. The predicted molar refractivity (Wildman–Crippen MR) is 108 cm³/mol. The lowest BCUT2D eigenvalue weighted by atomic mass is 9.95. The number of nitrogens with zero attached hydrogens (tertiary/aromatic N) is 1. The van der Waals surface area contributed by atoms with E-state index in [1.54, 1.807) is 6.92 Å². The summed E-state index contributed by atoms with van der Waals surface area (Å²) in [6, 6.07) is 13.9. The lowest BCUT2D eigenvalue weighted by molar-refractivity contribution is -0.126. The molecule has 6 nitrogen and oxygen atoms in total. The Balaban J connectivity index is 1.65. The van der Waals surface area contributed by atoms with E-state index < -0.39 is 10.0 Å². The zero-order valence-electron chi connectivity index (χ0n) is 15.6. The van der Waals surface area contributed by atoms with Gasteiger partial charge in [0.25, 0.3) is 0 Å². The van der Waals surface area contributed by atoms with E-state index >= 15 is 0 Å². The summed E-state index contributed by atoms with van der Waals surface area (Å²) in [5.74, 6) is -0.129.